The van der Waals surface area contributed by atoms with Crippen molar-refractivity contribution in [1.29, 1.82) is 0 Å². The number of carboxylic acid groups (broad SMARTS) is 1. The van der Waals surface area contributed by atoms with E-state index in [-0.39, 0.29) is 24.8 Å². The lowest BCUT2D eigenvalue weighted by Gasteiger charge is -2.25. The maximum Gasteiger partial charge on any atom is 0.330 e. The summed E-state index contributed by atoms with van der Waals surface area (Å²) in [6, 6.07) is 6.57. The highest BCUT2D eigenvalue weighted by molar-refractivity contribution is 7.13. The van der Waals surface area contributed by atoms with Crippen LogP contribution in [0.3, 0.4) is 0 Å². The molecule has 4 unspecified atom stereocenters. The number of thiazole rings is 1. The average molecular weight is 591 g/mol. The van der Waals surface area contributed by atoms with Crippen molar-refractivity contribution in [2.75, 3.05) is 13.7 Å². The third-order valence-corrected chi connectivity index (χ3v) is 9.23. The van der Waals surface area contributed by atoms with Gasteiger partial charge in [-0.1, -0.05) is 25.0 Å². The molecular formula is C31H34N4O6S. The molecule has 1 aliphatic carbocycles. The highest BCUT2D eigenvalue weighted by atomic mass is 32.1. The molecule has 2 fully saturated rings. The molecule has 1 saturated carbocycles. The fourth-order valence-electron chi connectivity index (χ4n) is 6.01. The summed E-state index contributed by atoms with van der Waals surface area (Å²) in [6.07, 6.45) is 10.6. The summed E-state index contributed by atoms with van der Waals surface area (Å²) < 4.78 is 12.0. The number of fused-ring (bicyclic) bond motifs is 3. The number of hydrogen-bond acceptors (Lipinski definition) is 8. The average Bonchev–Trinajstić information content (AvgIpc) is 3.31. The topological polar surface area (TPSA) is 131 Å². The zero-order valence-electron chi connectivity index (χ0n) is 23.5. The second-order valence-corrected chi connectivity index (χ2v) is 12.1. The van der Waals surface area contributed by atoms with Crippen LogP contribution in [0.15, 0.2) is 48.0 Å². The number of benzene rings is 1. The van der Waals surface area contributed by atoms with E-state index < -0.39 is 29.6 Å². The van der Waals surface area contributed by atoms with Gasteiger partial charge in [-0.05, 0) is 37.8 Å². The van der Waals surface area contributed by atoms with Crippen molar-refractivity contribution in [3.63, 3.8) is 0 Å². The van der Waals surface area contributed by atoms with Gasteiger partial charge in [0.25, 0.3) is 0 Å². The Balaban J connectivity index is 1.29. The number of carbonyl (C=O) groups excluding carboxylic acids is 2. The van der Waals surface area contributed by atoms with E-state index in [0.717, 1.165) is 42.5 Å². The number of pyridine rings is 1. The number of aromatic nitrogens is 2. The lowest BCUT2D eigenvalue weighted by atomic mass is 10.1. The molecular weight excluding hydrogens is 556 g/mol. The molecule has 3 aromatic rings. The first-order chi connectivity index (χ1) is 20.4. The molecule has 4 heterocycles. The molecule has 42 heavy (non-hydrogen) atoms. The van der Waals surface area contributed by atoms with Gasteiger partial charge >= 0.3 is 5.97 Å². The van der Waals surface area contributed by atoms with E-state index in [1.807, 2.05) is 41.8 Å². The second kappa shape index (κ2) is 11.7. The van der Waals surface area contributed by atoms with Crippen molar-refractivity contribution >= 4 is 40.0 Å². The molecule has 220 valence electrons. The summed E-state index contributed by atoms with van der Waals surface area (Å²) in [4.78, 5) is 50.1. The minimum Gasteiger partial charge on any atom is -0.497 e. The number of nitrogens with zero attached hydrogens (tertiary/aromatic N) is 3. The van der Waals surface area contributed by atoms with Crippen molar-refractivity contribution in [2.24, 2.45) is 5.92 Å². The molecule has 0 spiro atoms. The Kier molecular flexibility index (Phi) is 7.85. The molecule has 11 heteroatoms. The minimum absolute atomic E-state index is 0.112. The molecule has 4 atom stereocenters. The van der Waals surface area contributed by atoms with Crippen LogP contribution in [0.5, 0.6) is 11.5 Å². The van der Waals surface area contributed by atoms with Crippen LogP contribution in [0.1, 0.15) is 51.4 Å². The molecule has 0 radical (unpaired) electrons. The summed E-state index contributed by atoms with van der Waals surface area (Å²) in [5, 5.41) is 16.2. The Bertz CT molecular complexity index is 1530. The molecule has 6 rings (SSSR count). The molecule has 0 bridgehead atoms. The number of hydrogen-bond donors (Lipinski definition) is 2. The molecule has 2 amide bonds. The van der Waals surface area contributed by atoms with Crippen molar-refractivity contribution in [1.82, 2.24) is 20.2 Å². The smallest absolute Gasteiger partial charge is 0.330 e. The van der Waals surface area contributed by atoms with Crippen LogP contribution in [0.2, 0.25) is 0 Å². The standard InChI is InChI=1S/C31H34N4O6S/c1-40-20-10-11-22-23(14-20)33-24(29-32-12-13-42-29)16-26(22)41-21-15-25-28(37)34-31(30(38)39)17-19(31)8-6-4-2-3-5-7-9-27(36)35(25)18-21/h6,8,10-14,16,19,21,25H,2-5,7,9,15,17-18H2,1H3,(H,34,37)(H,38,39)/b8-6-. The van der Waals surface area contributed by atoms with Gasteiger partial charge in [0.1, 0.15) is 39.9 Å². The summed E-state index contributed by atoms with van der Waals surface area (Å²) in [6.45, 7) is 0.229. The Morgan fingerprint density at radius 2 is 2.05 bits per heavy atom. The Morgan fingerprint density at radius 3 is 2.83 bits per heavy atom. The van der Waals surface area contributed by atoms with E-state index in [0.29, 0.717) is 35.6 Å². The van der Waals surface area contributed by atoms with Crippen LogP contribution < -0.4 is 14.8 Å². The molecule has 2 N–H and O–H groups in total. The van der Waals surface area contributed by atoms with E-state index in [1.54, 1.807) is 18.2 Å². The third-order valence-electron chi connectivity index (χ3n) is 8.43. The number of ether oxygens (including phenoxy) is 2. The predicted octanol–water partition coefficient (Wildman–Crippen LogP) is 4.59. The van der Waals surface area contributed by atoms with E-state index in [2.05, 4.69) is 10.3 Å². The number of carboxylic acids is 1. The fraction of sp³-hybridized carbons (Fsp3) is 0.452. The Labute approximate surface area is 247 Å². The maximum absolute atomic E-state index is 13.6. The predicted molar refractivity (Wildman–Crippen MR) is 157 cm³/mol. The molecule has 3 aliphatic rings. The van der Waals surface area contributed by atoms with Gasteiger partial charge < -0.3 is 24.8 Å². The first-order valence-corrected chi connectivity index (χ1v) is 15.3. The lowest BCUT2D eigenvalue weighted by molar-refractivity contribution is -0.145. The second-order valence-electron chi connectivity index (χ2n) is 11.2. The van der Waals surface area contributed by atoms with Gasteiger partial charge in [-0.2, -0.15) is 0 Å². The van der Waals surface area contributed by atoms with Crippen LogP contribution >= 0.6 is 11.3 Å². The number of nitrogens with one attached hydrogen (secondary N) is 1. The van der Waals surface area contributed by atoms with Crippen molar-refractivity contribution in [3.8, 4) is 22.2 Å². The monoisotopic (exact) mass is 590 g/mol. The quantitative estimate of drug-likeness (QED) is 0.413. The molecule has 1 saturated heterocycles. The van der Waals surface area contributed by atoms with E-state index >= 15 is 0 Å². The number of rotatable bonds is 5. The van der Waals surface area contributed by atoms with Gasteiger partial charge in [0.2, 0.25) is 11.8 Å². The van der Waals surface area contributed by atoms with Gasteiger partial charge in [0.15, 0.2) is 0 Å². The SMILES string of the molecule is COc1ccc2c(OC3CC4C(=O)NC5(C(=O)O)CC5/C=C\CCCCCCC(=O)N4C3)cc(-c3nccs3)nc2c1. The van der Waals surface area contributed by atoms with Crippen LogP contribution in [-0.2, 0) is 14.4 Å². The van der Waals surface area contributed by atoms with Gasteiger partial charge in [0, 0.05) is 47.9 Å². The van der Waals surface area contributed by atoms with Crippen LogP contribution in [0.4, 0.5) is 0 Å². The summed E-state index contributed by atoms with van der Waals surface area (Å²) in [5.41, 5.74) is -0.00158. The number of amides is 2. The molecule has 2 aliphatic heterocycles. The van der Waals surface area contributed by atoms with Gasteiger partial charge in [-0.15, -0.1) is 11.3 Å². The number of allylic oxidation sites excluding steroid dienone is 1. The highest BCUT2D eigenvalue weighted by Crippen LogP contribution is 2.45. The van der Waals surface area contributed by atoms with E-state index in [1.165, 1.54) is 11.3 Å². The lowest BCUT2D eigenvalue weighted by Crippen LogP contribution is -2.53. The van der Waals surface area contributed by atoms with E-state index in [4.69, 9.17) is 14.5 Å². The van der Waals surface area contributed by atoms with Gasteiger partial charge in [-0.25, -0.2) is 14.8 Å². The maximum atomic E-state index is 13.6. The van der Waals surface area contributed by atoms with Crippen molar-refractivity contribution in [2.45, 2.75) is 69.1 Å². The van der Waals surface area contributed by atoms with Crippen LogP contribution in [0, 0.1) is 5.92 Å². The number of carbonyl (C=O) groups is 3. The first kappa shape index (κ1) is 28.1. The molecule has 1 aromatic carbocycles. The minimum atomic E-state index is -1.33. The van der Waals surface area contributed by atoms with Crippen LogP contribution in [-0.4, -0.2) is 69.1 Å². The number of aliphatic carboxylic acids is 1. The Hall–Kier alpha value is -3.99. The summed E-state index contributed by atoms with van der Waals surface area (Å²) >= 11 is 1.47. The number of methoxy groups -OCH3 is 1. The van der Waals surface area contributed by atoms with Crippen molar-refractivity contribution < 1.29 is 29.0 Å². The molecule has 10 nitrogen and oxygen atoms in total. The van der Waals surface area contributed by atoms with Gasteiger partial charge in [-0.3, -0.25) is 9.59 Å². The normalized spacial score (nSPS) is 27.3. The molecule has 2 aromatic heterocycles. The highest BCUT2D eigenvalue weighted by Gasteiger charge is 2.61. The first-order valence-electron chi connectivity index (χ1n) is 14.4. The van der Waals surface area contributed by atoms with Gasteiger partial charge in [0.05, 0.1) is 19.2 Å². The summed E-state index contributed by atoms with van der Waals surface area (Å²) in [5.74, 6) is -0.637. The Morgan fingerprint density at radius 1 is 1.19 bits per heavy atom. The third kappa shape index (κ3) is 5.57. The van der Waals surface area contributed by atoms with Crippen LogP contribution in [0.25, 0.3) is 21.6 Å². The summed E-state index contributed by atoms with van der Waals surface area (Å²) in [7, 11) is 1.60. The zero-order valence-corrected chi connectivity index (χ0v) is 24.3. The zero-order chi connectivity index (χ0) is 29.3. The van der Waals surface area contributed by atoms with Crippen molar-refractivity contribution in [3.05, 3.63) is 48.0 Å². The van der Waals surface area contributed by atoms with E-state index in [9.17, 15) is 19.5 Å². The largest absolute Gasteiger partial charge is 0.497 e. The fourth-order valence-corrected chi connectivity index (χ4v) is 6.61.